The van der Waals surface area contributed by atoms with Gasteiger partial charge in [0.05, 0.1) is 22.5 Å². The van der Waals surface area contributed by atoms with Crippen LogP contribution in [0.15, 0.2) is 47.3 Å². The first kappa shape index (κ1) is 22.1. The molecule has 6 nitrogen and oxygen atoms in total. The summed E-state index contributed by atoms with van der Waals surface area (Å²) in [6.07, 6.45) is -4.67. The first-order valence-electron chi connectivity index (χ1n) is 10.3. The minimum Gasteiger partial charge on any atom is -0.324 e. The Bertz CT molecular complexity index is 1370. The first-order chi connectivity index (χ1) is 16.1. The zero-order valence-corrected chi connectivity index (χ0v) is 17.5. The van der Waals surface area contributed by atoms with E-state index in [4.69, 9.17) is 0 Å². The highest BCUT2D eigenvalue weighted by molar-refractivity contribution is 6.13. The maximum atomic E-state index is 14.5. The largest absolute Gasteiger partial charge is 0.419 e. The molecule has 2 aliphatic rings. The van der Waals surface area contributed by atoms with Gasteiger partial charge in [0.25, 0.3) is 5.91 Å². The van der Waals surface area contributed by atoms with Gasteiger partial charge in [0.1, 0.15) is 18.3 Å². The molecule has 2 aromatic carbocycles. The predicted molar refractivity (Wildman–Crippen MR) is 114 cm³/mol. The zero-order valence-electron chi connectivity index (χ0n) is 17.5. The minimum absolute atomic E-state index is 0.145. The van der Waals surface area contributed by atoms with Crippen molar-refractivity contribution in [2.24, 2.45) is 0 Å². The molecule has 0 saturated carbocycles. The van der Waals surface area contributed by atoms with Crippen LogP contribution in [0.2, 0.25) is 0 Å². The predicted octanol–water partition coefficient (Wildman–Crippen LogP) is 4.07. The molecule has 2 N–H and O–H groups in total. The van der Waals surface area contributed by atoms with E-state index in [0.29, 0.717) is 47.7 Å². The number of aromatic nitrogens is 1. The standard InChI is InChI=1S/C23H17F5N4O2/c24-13-1-2-18-12(7-13)10-29-6-5-17-19(3-4-21(33)30-17)32-11-31(18)20-9-15(23(26,27)28)16(25)8-14(20)22(32)34/h1-4,7-9,29H,5-6,10-11H2,(H,30,33). The number of carbonyl (C=O) groups excluding carboxylic acids is 1. The zero-order chi connectivity index (χ0) is 24.2. The number of anilines is 3. The summed E-state index contributed by atoms with van der Waals surface area (Å²) in [6.45, 7) is 0.309. The van der Waals surface area contributed by atoms with Crippen molar-refractivity contribution in [2.45, 2.75) is 19.1 Å². The number of fused-ring (bicyclic) bond motifs is 8. The Morgan fingerprint density at radius 1 is 0.882 bits per heavy atom. The molecule has 5 rings (SSSR count). The number of halogens is 5. The molecule has 2 aliphatic heterocycles. The Balaban J connectivity index is 1.79. The second-order valence-electron chi connectivity index (χ2n) is 8.04. The third-order valence-corrected chi connectivity index (χ3v) is 5.91. The lowest BCUT2D eigenvalue weighted by Crippen LogP contribution is -2.46. The quantitative estimate of drug-likeness (QED) is 0.480. The van der Waals surface area contributed by atoms with E-state index in [1.165, 1.54) is 40.1 Å². The Kier molecular flexibility index (Phi) is 5.16. The van der Waals surface area contributed by atoms with Gasteiger partial charge in [-0.1, -0.05) is 0 Å². The van der Waals surface area contributed by atoms with Crippen molar-refractivity contribution in [1.29, 1.82) is 0 Å². The molecule has 1 aromatic heterocycles. The van der Waals surface area contributed by atoms with Crippen molar-refractivity contribution < 1.29 is 26.7 Å². The van der Waals surface area contributed by atoms with E-state index < -0.39 is 29.3 Å². The highest BCUT2D eigenvalue weighted by Gasteiger charge is 2.40. The van der Waals surface area contributed by atoms with E-state index >= 15 is 0 Å². The van der Waals surface area contributed by atoms with Crippen molar-refractivity contribution in [1.82, 2.24) is 10.3 Å². The second-order valence-corrected chi connectivity index (χ2v) is 8.04. The normalized spacial score (nSPS) is 15.9. The minimum atomic E-state index is -4.98. The van der Waals surface area contributed by atoms with Gasteiger partial charge in [0.15, 0.2) is 0 Å². The van der Waals surface area contributed by atoms with E-state index in [1.54, 1.807) is 0 Å². The molecule has 0 aliphatic carbocycles. The van der Waals surface area contributed by atoms with Crippen LogP contribution < -0.4 is 20.7 Å². The Hall–Kier alpha value is -3.73. The molecule has 3 heterocycles. The summed E-state index contributed by atoms with van der Waals surface area (Å²) in [6, 6.07) is 7.68. The molecule has 0 atom stereocenters. The van der Waals surface area contributed by atoms with Crippen LogP contribution in [-0.2, 0) is 19.1 Å². The van der Waals surface area contributed by atoms with E-state index in [0.717, 1.165) is 0 Å². The van der Waals surface area contributed by atoms with Crippen LogP contribution in [0.5, 0.6) is 0 Å². The van der Waals surface area contributed by atoms with Crippen molar-refractivity contribution in [3.8, 4) is 0 Å². The van der Waals surface area contributed by atoms with E-state index in [9.17, 15) is 31.5 Å². The number of alkyl halides is 3. The molecule has 0 unspecified atom stereocenters. The number of rotatable bonds is 0. The summed E-state index contributed by atoms with van der Waals surface area (Å²) in [5.74, 6) is -2.83. The fourth-order valence-electron chi connectivity index (χ4n) is 4.34. The van der Waals surface area contributed by atoms with E-state index in [1.807, 2.05) is 0 Å². The summed E-state index contributed by atoms with van der Waals surface area (Å²) < 4.78 is 69.0. The molecule has 1 amide bonds. The monoisotopic (exact) mass is 476 g/mol. The molecular formula is C23H17F5N4O2. The molecule has 0 radical (unpaired) electrons. The van der Waals surface area contributed by atoms with Crippen molar-refractivity contribution in [2.75, 3.05) is 23.0 Å². The lowest BCUT2D eigenvalue weighted by molar-refractivity contribution is -0.139. The summed E-state index contributed by atoms with van der Waals surface area (Å²) in [5.41, 5.74) is -0.744. The number of amides is 1. The van der Waals surface area contributed by atoms with Crippen molar-refractivity contribution >= 4 is 23.0 Å². The van der Waals surface area contributed by atoms with Gasteiger partial charge in [0, 0.05) is 37.0 Å². The van der Waals surface area contributed by atoms with Gasteiger partial charge in [0.2, 0.25) is 5.56 Å². The van der Waals surface area contributed by atoms with Gasteiger partial charge in [-0.15, -0.1) is 0 Å². The molecule has 34 heavy (non-hydrogen) atoms. The maximum Gasteiger partial charge on any atom is 0.419 e. The molecule has 11 heteroatoms. The van der Waals surface area contributed by atoms with Gasteiger partial charge in [-0.2, -0.15) is 13.2 Å². The topological polar surface area (TPSA) is 68.4 Å². The van der Waals surface area contributed by atoms with Crippen LogP contribution in [-0.4, -0.2) is 24.1 Å². The number of aromatic amines is 1. The number of H-pyrrole nitrogens is 1. The highest BCUT2D eigenvalue weighted by atomic mass is 19.4. The van der Waals surface area contributed by atoms with Gasteiger partial charge in [-0.3, -0.25) is 14.5 Å². The molecular weight excluding hydrogens is 459 g/mol. The van der Waals surface area contributed by atoms with Crippen molar-refractivity contribution in [3.05, 3.63) is 86.8 Å². The van der Waals surface area contributed by atoms with Gasteiger partial charge >= 0.3 is 6.18 Å². The van der Waals surface area contributed by atoms with Gasteiger partial charge < -0.3 is 15.2 Å². The average Bonchev–Trinajstić information content (AvgIpc) is 2.79. The fourth-order valence-corrected chi connectivity index (χ4v) is 4.34. The maximum absolute atomic E-state index is 14.5. The van der Waals surface area contributed by atoms with Crippen LogP contribution in [0, 0.1) is 11.6 Å². The summed E-state index contributed by atoms with van der Waals surface area (Å²) in [5, 5.41) is 3.13. The molecule has 0 spiro atoms. The number of hydrogen-bond acceptors (Lipinski definition) is 4. The highest BCUT2D eigenvalue weighted by Crippen LogP contribution is 2.42. The van der Waals surface area contributed by atoms with Crippen LogP contribution in [0.4, 0.5) is 39.0 Å². The fraction of sp³-hybridized carbons (Fsp3) is 0.217. The SMILES string of the molecule is O=C1c2cc(F)c(C(F)(F)F)cc2N2CN1c1ccc(=O)[nH]c1CCNCc1cc(F)ccc12. The summed E-state index contributed by atoms with van der Waals surface area (Å²) in [4.78, 5) is 30.7. The second kappa shape index (κ2) is 7.94. The Morgan fingerprint density at radius 3 is 2.41 bits per heavy atom. The third kappa shape index (κ3) is 3.71. The lowest BCUT2D eigenvalue weighted by Gasteiger charge is -2.39. The van der Waals surface area contributed by atoms with Crippen LogP contribution in [0.3, 0.4) is 0 Å². The average molecular weight is 476 g/mol. The number of hydrogen-bond donors (Lipinski definition) is 2. The van der Waals surface area contributed by atoms with Crippen LogP contribution in [0.1, 0.15) is 27.2 Å². The molecule has 2 bridgehead atoms. The van der Waals surface area contributed by atoms with Gasteiger partial charge in [-0.25, -0.2) is 8.78 Å². The summed E-state index contributed by atoms with van der Waals surface area (Å²) >= 11 is 0. The number of carbonyl (C=O) groups is 1. The lowest BCUT2D eigenvalue weighted by atomic mass is 10.0. The van der Waals surface area contributed by atoms with Crippen molar-refractivity contribution in [3.63, 3.8) is 0 Å². The number of benzene rings is 2. The van der Waals surface area contributed by atoms with E-state index in [-0.39, 0.29) is 30.0 Å². The van der Waals surface area contributed by atoms with E-state index in [2.05, 4.69) is 10.3 Å². The molecule has 0 fully saturated rings. The number of nitrogens with one attached hydrogen (secondary N) is 2. The van der Waals surface area contributed by atoms with Gasteiger partial charge in [-0.05, 0) is 42.0 Å². The van der Waals surface area contributed by atoms with Crippen LogP contribution >= 0.6 is 0 Å². The first-order valence-corrected chi connectivity index (χ1v) is 10.3. The number of nitrogens with zero attached hydrogens (tertiary/aromatic N) is 2. The molecule has 176 valence electrons. The molecule has 0 saturated heterocycles. The molecule has 3 aromatic rings. The smallest absolute Gasteiger partial charge is 0.324 e. The Morgan fingerprint density at radius 2 is 1.65 bits per heavy atom. The third-order valence-electron chi connectivity index (χ3n) is 5.91. The summed E-state index contributed by atoms with van der Waals surface area (Å²) in [7, 11) is 0. The Labute approximate surface area is 189 Å². The van der Waals surface area contributed by atoms with Crippen LogP contribution in [0.25, 0.3) is 0 Å². The number of pyridine rings is 1.